The van der Waals surface area contributed by atoms with Crippen molar-refractivity contribution in [2.75, 3.05) is 9.80 Å². The number of anilines is 6. The van der Waals surface area contributed by atoms with Crippen LogP contribution in [0.4, 0.5) is 34.1 Å². The third-order valence-electron chi connectivity index (χ3n) is 19.2. The summed E-state index contributed by atoms with van der Waals surface area (Å²) in [4.78, 5) is 5.03. The second kappa shape index (κ2) is 16.8. The summed E-state index contributed by atoms with van der Waals surface area (Å²) in [5, 5.41) is 2.55. The van der Waals surface area contributed by atoms with Crippen LogP contribution in [0, 0.1) is 0 Å². The Bertz CT molecular complexity index is 4140. The van der Waals surface area contributed by atoms with Crippen LogP contribution >= 0.6 is 0 Å². The number of nitrogens with zero attached hydrogens (tertiary/aromatic N) is 2. The highest BCUT2D eigenvalue weighted by atomic mass is 15.1. The molecule has 4 aliphatic carbocycles. The quantitative estimate of drug-likeness (QED) is 0.150. The van der Waals surface area contributed by atoms with E-state index in [1.165, 1.54) is 139 Å². The molecule has 0 radical (unpaired) electrons. The van der Waals surface area contributed by atoms with Crippen LogP contribution in [-0.4, -0.2) is 0 Å². The lowest BCUT2D eigenvalue weighted by Crippen LogP contribution is -2.18. The Labute approximate surface area is 463 Å². The summed E-state index contributed by atoms with van der Waals surface area (Å²) in [6, 6.07) is 75.2. The minimum Gasteiger partial charge on any atom is -0.310 e. The van der Waals surface area contributed by atoms with Gasteiger partial charge in [0.1, 0.15) is 0 Å². The summed E-state index contributed by atoms with van der Waals surface area (Å²) < 4.78 is 0. The van der Waals surface area contributed by atoms with Crippen LogP contribution in [-0.2, 0) is 21.7 Å². The fourth-order valence-corrected chi connectivity index (χ4v) is 14.7. The predicted molar refractivity (Wildman–Crippen MR) is 332 cm³/mol. The molecule has 0 unspecified atom stereocenters. The Hall–Kier alpha value is -7.94. The highest BCUT2D eigenvalue weighted by Crippen LogP contribution is 2.60. The van der Waals surface area contributed by atoms with Gasteiger partial charge in [-0.05, 0) is 196 Å². The SMILES string of the molecule is CC(C)c1ccc(N(c2ccc3c(c2)-c2ccccc2C3(C)C)c2ccc3c(c2)C(C)(C)c2cc4c(cc2-3)C(C)(C)c2cc(N(c3ccc(C(C)C)cc3)c3ccc5c(c3)-c3ccccc3C5(C)C)c3ccccc3c2-4)cc1. The maximum Gasteiger partial charge on any atom is 0.0543 e. The van der Waals surface area contributed by atoms with Crippen LogP contribution < -0.4 is 9.80 Å². The van der Waals surface area contributed by atoms with E-state index < -0.39 is 0 Å². The molecule has 0 bridgehead atoms. The van der Waals surface area contributed by atoms with Crippen LogP contribution in [0.2, 0.25) is 0 Å². The van der Waals surface area contributed by atoms with E-state index in [2.05, 4.69) is 287 Å². The largest absolute Gasteiger partial charge is 0.310 e. The van der Waals surface area contributed by atoms with Crippen molar-refractivity contribution >= 4 is 44.9 Å². The molecular formula is C76H70N2. The number of fused-ring (bicyclic) bond motifs is 14. The molecule has 78 heavy (non-hydrogen) atoms. The topological polar surface area (TPSA) is 6.48 Å². The van der Waals surface area contributed by atoms with Crippen molar-refractivity contribution < 1.29 is 0 Å². The van der Waals surface area contributed by atoms with Gasteiger partial charge in [0.05, 0.1) is 5.69 Å². The van der Waals surface area contributed by atoms with Crippen molar-refractivity contribution in [2.45, 2.75) is 117 Å². The Kier molecular flexibility index (Phi) is 10.4. The molecule has 0 heterocycles. The first kappa shape index (κ1) is 48.4. The first-order valence-electron chi connectivity index (χ1n) is 28.5. The highest BCUT2D eigenvalue weighted by molar-refractivity contribution is 6.11. The minimum atomic E-state index is -0.279. The molecule has 0 aliphatic heterocycles. The van der Waals surface area contributed by atoms with Crippen molar-refractivity contribution in [3.8, 4) is 44.5 Å². The summed E-state index contributed by atoms with van der Waals surface area (Å²) in [6.07, 6.45) is 0. The lowest BCUT2D eigenvalue weighted by Gasteiger charge is -2.31. The van der Waals surface area contributed by atoms with Gasteiger partial charge in [-0.3, -0.25) is 0 Å². The van der Waals surface area contributed by atoms with E-state index in [-0.39, 0.29) is 21.7 Å². The Morgan fingerprint density at radius 1 is 0.269 bits per heavy atom. The molecule has 0 saturated heterocycles. The molecule has 384 valence electrons. The van der Waals surface area contributed by atoms with Gasteiger partial charge in [-0.25, -0.2) is 0 Å². The molecule has 10 aromatic rings. The van der Waals surface area contributed by atoms with Gasteiger partial charge >= 0.3 is 0 Å². The first-order valence-corrected chi connectivity index (χ1v) is 28.5. The van der Waals surface area contributed by atoms with Crippen molar-refractivity contribution in [1.82, 2.24) is 0 Å². The first-order chi connectivity index (χ1) is 37.3. The second-order valence-electron chi connectivity index (χ2n) is 25.8. The molecule has 2 nitrogen and oxygen atoms in total. The molecule has 0 amide bonds. The molecule has 10 aromatic carbocycles. The smallest absolute Gasteiger partial charge is 0.0543 e. The highest BCUT2D eigenvalue weighted by Gasteiger charge is 2.44. The van der Waals surface area contributed by atoms with Crippen LogP contribution in [0.25, 0.3) is 55.3 Å². The summed E-state index contributed by atoms with van der Waals surface area (Å²) in [6.45, 7) is 28.4. The monoisotopic (exact) mass is 1010 g/mol. The Morgan fingerprint density at radius 3 is 1.21 bits per heavy atom. The van der Waals surface area contributed by atoms with Gasteiger partial charge in [0.2, 0.25) is 0 Å². The molecule has 0 N–H and O–H groups in total. The van der Waals surface area contributed by atoms with E-state index in [9.17, 15) is 0 Å². The molecule has 2 heteroatoms. The zero-order valence-electron chi connectivity index (χ0n) is 47.5. The third-order valence-corrected chi connectivity index (χ3v) is 19.2. The summed E-state index contributed by atoms with van der Waals surface area (Å²) in [5.41, 5.74) is 30.9. The van der Waals surface area contributed by atoms with Crippen molar-refractivity contribution in [2.24, 2.45) is 0 Å². The predicted octanol–water partition coefficient (Wildman–Crippen LogP) is 21.3. The number of benzene rings is 10. The van der Waals surface area contributed by atoms with E-state index in [4.69, 9.17) is 0 Å². The average molecular weight is 1010 g/mol. The zero-order valence-corrected chi connectivity index (χ0v) is 47.5. The summed E-state index contributed by atoms with van der Waals surface area (Å²) in [7, 11) is 0. The standard InChI is InChI=1S/C76H70N2/c1-45(2)47-25-29-49(30-26-47)77(51-34-37-65-59(39-51)54-19-15-17-23-63(54)73(65,5)6)53-33-36-56-61-42-69-62(43-68(61)75(9,10)67(56)41-53)72-58-22-14-13-21-57(58)71(44-70(72)76(69,11)12)78(50-31-27-48(28-32-50)46(3)4)52-35-38-66-60(40-52)55-20-16-18-24-64(55)74(66,7)8/h13-46H,1-12H3. The fourth-order valence-electron chi connectivity index (χ4n) is 14.7. The van der Waals surface area contributed by atoms with Crippen LogP contribution in [0.5, 0.6) is 0 Å². The molecule has 0 spiro atoms. The van der Waals surface area contributed by atoms with Crippen LogP contribution in [0.3, 0.4) is 0 Å². The Morgan fingerprint density at radius 2 is 0.641 bits per heavy atom. The van der Waals surface area contributed by atoms with Gasteiger partial charge in [0.25, 0.3) is 0 Å². The molecule has 4 aliphatic rings. The lowest BCUT2D eigenvalue weighted by molar-refractivity contribution is 0.652. The van der Waals surface area contributed by atoms with E-state index in [0.29, 0.717) is 11.8 Å². The molecule has 0 atom stereocenters. The fraction of sp³-hybridized carbons (Fsp3) is 0.237. The van der Waals surface area contributed by atoms with E-state index in [1.807, 2.05) is 0 Å². The van der Waals surface area contributed by atoms with Crippen molar-refractivity contribution in [3.63, 3.8) is 0 Å². The molecular weight excluding hydrogens is 941 g/mol. The number of rotatable bonds is 8. The lowest BCUT2D eigenvalue weighted by atomic mass is 9.79. The van der Waals surface area contributed by atoms with Crippen molar-refractivity contribution in [3.05, 3.63) is 250 Å². The number of hydrogen-bond donors (Lipinski definition) is 0. The van der Waals surface area contributed by atoms with E-state index >= 15 is 0 Å². The molecule has 0 saturated carbocycles. The summed E-state index contributed by atoms with van der Waals surface area (Å²) >= 11 is 0. The van der Waals surface area contributed by atoms with Gasteiger partial charge in [-0.1, -0.05) is 198 Å². The average Bonchev–Trinajstić information content (AvgIpc) is 4.22. The van der Waals surface area contributed by atoms with E-state index in [0.717, 1.165) is 5.69 Å². The van der Waals surface area contributed by atoms with Gasteiger partial charge in [0.15, 0.2) is 0 Å². The molecule has 14 rings (SSSR count). The van der Waals surface area contributed by atoms with Gasteiger partial charge in [-0.15, -0.1) is 0 Å². The summed E-state index contributed by atoms with van der Waals surface area (Å²) in [5.74, 6) is 0.893. The molecule has 0 aromatic heterocycles. The molecule has 0 fully saturated rings. The van der Waals surface area contributed by atoms with Gasteiger partial charge in [-0.2, -0.15) is 0 Å². The maximum absolute atomic E-state index is 2.59. The third kappa shape index (κ3) is 6.81. The van der Waals surface area contributed by atoms with Gasteiger partial charge < -0.3 is 9.80 Å². The maximum atomic E-state index is 2.59. The van der Waals surface area contributed by atoms with E-state index in [1.54, 1.807) is 0 Å². The zero-order chi connectivity index (χ0) is 53.9. The van der Waals surface area contributed by atoms with Crippen LogP contribution in [0.1, 0.15) is 151 Å². The van der Waals surface area contributed by atoms with Crippen molar-refractivity contribution in [1.29, 1.82) is 0 Å². The minimum absolute atomic E-state index is 0.0595. The second-order valence-corrected chi connectivity index (χ2v) is 25.8. The van der Waals surface area contributed by atoms with Gasteiger partial charge in [0, 0.05) is 55.5 Å². The normalized spacial score (nSPS) is 15.8. The Balaban J connectivity index is 0.908. The van der Waals surface area contributed by atoms with Crippen LogP contribution in [0.15, 0.2) is 194 Å². The number of hydrogen-bond acceptors (Lipinski definition) is 2.